The molecule has 146 valence electrons. The van der Waals surface area contributed by atoms with Gasteiger partial charge in [0.25, 0.3) is 0 Å². The van der Waals surface area contributed by atoms with Crippen molar-refractivity contribution in [3.8, 4) is 11.5 Å². The monoisotopic (exact) mass is 411 g/mol. The van der Waals surface area contributed by atoms with Gasteiger partial charge in [0, 0.05) is 0 Å². The first-order chi connectivity index (χ1) is 12.2. The summed E-state index contributed by atoms with van der Waals surface area (Å²) in [6, 6.07) is 5.46. The Bertz CT molecular complexity index is 925. The van der Waals surface area contributed by atoms with E-state index in [-0.39, 0.29) is 17.9 Å². The molecule has 0 atom stereocenters. The van der Waals surface area contributed by atoms with Crippen molar-refractivity contribution in [1.82, 2.24) is 0 Å². The lowest BCUT2D eigenvalue weighted by molar-refractivity contribution is -0.147. The number of ether oxygens (including phenoxy) is 1. The topological polar surface area (TPSA) is 66.4 Å². The van der Waals surface area contributed by atoms with Crippen molar-refractivity contribution < 1.29 is 44.0 Å². The zero-order valence-corrected chi connectivity index (χ0v) is 13.9. The van der Waals surface area contributed by atoms with Crippen LogP contribution >= 0.6 is 0 Å². The Morgan fingerprint density at radius 3 is 1.67 bits per heavy atom. The van der Waals surface area contributed by atoms with Crippen LogP contribution in [-0.2, 0) is 22.5 Å². The van der Waals surface area contributed by atoms with E-state index in [1.807, 2.05) is 0 Å². The van der Waals surface area contributed by atoms with E-state index in [9.17, 15) is 39.3 Å². The van der Waals surface area contributed by atoms with Gasteiger partial charge in [0.2, 0.25) is 0 Å². The van der Waals surface area contributed by atoms with Gasteiger partial charge < -0.3 is 9.29 Å². The minimum atomic E-state index is -6.09. The molecule has 2 aromatic carbocycles. The van der Waals surface area contributed by atoms with E-state index in [4.69, 9.17) is 4.74 Å². The van der Waals surface area contributed by atoms with Crippen LogP contribution < -0.4 is 4.74 Å². The van der Waals surface area contributed by atoms with Gasteiger partial charge in [-0.2, -0.15) is 26.3 Å². The largest absolute Gasteiger partial charge is 0.744 e. The summed E-state index contributed by atoms with van der Waals surface area (Å²) in [7, 11) is -6.09. The van der Waals surface area contributed by atoms with E-state index in [1.54, 1.807) is 0 Å². The van der Waals surface area contributed by atoms with Crippen molar-refractivity contribution in [2.75, 3.05) is 0 Å². The van der Waals surface area contributed by atoms with E-state index < -0.39 is 44.2 Å². The van der Waals surface area contributed by atoms with Crippen LogP contribution in [0.1, 0.15) is 16.7 Å². The van der Waals surface area contributed by atoms with Crippen LogP contribution in [0.25, 0.3) is 6.08 Å². The third kappa shape index (κ3) is 4.80. The Kier molecular flexibility index (Phi) is 5.30. The van der Waals surface area contributed by atoms with Crippen LogP contribution in [0.3, 0.4) is 0 Å². The Hall–Kier alpha value is -2.53. The third-order valence-corrected chi connectivity index (χ3v) is 4.21. The zero-order chi connectivity index (χ0) is 20.6. The van der Waals surface area contributed by atoms with Gasteiger partial charge in [-0.3, -0.25) is 0 Å². The normalized spacial score (nSPS) is 12.7. The van der Waals surface area contributed by atoms with Crippen molar-refractivity contribution >= 4 is 16.2 Å². The molecule has 0 fully saturated rings. The fraction of sp³-hybridized carbons (Fsp3) is 0.125. The van der Waals surface area contributed by atoms with Crippen molar-refractivity contribution in [1.29, 1.82) is 0 Å². The summed E-state index contributed by atoms with van der Waals surface area (Å²) in [6.07, 6.45) is -9.64. The number of hydrogen-bond acceptors (Lipinski definition) is 4. The number of rotatable bonds is 4. The smallest absolute Gasteiger partial charge is 0.417 e. The van der Waals surface area contributed by atoms with Crippen LogP contribution in [0, 0.1) is 0 Å². The Morgan fingerprint density at radius 2 is 1.33 bits per heavy atom. The summed E-state index contributed by atoms with van der Waals surface area (Å²) in [6.45, 7) is 3.48. The molecule has 2 aromatic rings. The second-order valence-corrected chi connectivity index (χ2v) is 6.49. The highest BCUT2D eigenvalue weighted by Crippen LogP contribution is 2.44. The summed E-state index contributed by atoms with van der Waals surface area (Å²) in [5.41, 5.74) is -3.91. The van der Waals surface area contributed by atoms with Crippen molar-refractivity contribution in [2.24, 2.45) is 0 Å². The lowest BCUT2D eigenvalue weighted by atomic mass is 10.1. The van der Waals surface area contributed by atoms with E-state index in [0.717, 1.165) is 0 Å². The fourth-order valence-electron chi connectivity index (χ4n) is 2.16. The van der Waals surface area contributed by atoms with E-state index in [1.165, 1.54) is 30.3 Å². The third-order valence-electron chi connectivity index (χ3n) is 3.27. The van der Waals surface area contributed by atoms with Crippen LogP contribution in [-0.4, -0.2) is 13.0 Å². The van der Waals surface area contributed by atoms with Gasteiger partial charge in [0.05, 0.1) is 16.0 Å². The fourth-order valence-corrected chi connectivity index (χ4v) is 3.05. The van der Waals surface area contributed by atoms with Crippen molar-refractivity contribution in [2.45, 2.75) is 17.2 Å². The molecule has 0 spiro atoms. The van der Waals surface area contributed by atoms with Gasteiger partial charge in [-0.25, -0.2) is 8.42 Å². The summed E-state index contributed by atoms with van der Waals surface area (Å²) >= 11 is 0. The Morgan fingerprint density at radius 1 is 0.889 bits per heavy atom. The van der Waals surface area contributed by atoms with Gasteiger partial charge in [-0.15, -0.1) is 0 Å². The average molecular weight is 411 g/mol. The number of alkyl halides is 6. The predicted molar refractivity (Wildman–Crippen MR) is 81.0 cm³/mol. The standard InChI is InChI=1S/C16H10F6O4S/c1-2-9-3-5-10(6-4-9)26-11-7-12(15(17,18)19)14(27(23,24)25)13(8-11)16(20,21)22/h2-8H,1H2,(H,23,24,25)/p-1. The van der Waals surface area contributed by atoms with E-state index >= 15 is 0 Å². The summed E-state index contributed by atoms with van der Waals surface area (Å²) in [4.78, 5) is -2.39. The lowest BCUT2D eigenvalue weighted by Gasteiger charge is -2.22. The Balaban J connectivity index is 2.71. The molecule has 0 heterocycles. The average Bonchev–Trinajstić information content (AvgIpc) is 2.52. The SMILES string of the molecule is C=Cc1ccc(Oc2cc(C(F)(F)F)c(S(=O)(=O)[O-])c(C(F)(F)F)c2)cc1. The van der Waals surface area contributed by atoms with Crippen LogP contribution in [0.2, 0.25) is 0 Å². The molecule has 0 aliphatic heterocycles. The molecule has 0 aliphatic rings. The molecule has 4 nitrogen and oxygen atoms in total. The summed E-state index contributed by atoms with van der Waals surface area (Å²) in [5, 5.41) is 0. The Labute approximate surface area is 149 Å². The second kappa shape index (κ2) is 6.89. The highest BCUT2D eigenvalue weighted by molar-refractivity contribution is 7.85. The van der Waals surface area contributed by atoms with E-state index in [0.29, 0.717) is 5.56 Å². The highest BCUT2D eigenvalue weighted by atomic mass is 32.2. The molecular weight excluding hydrogens is 402 g/mol. The first-order valence-electron chi connectivity index (χ1n) is 6.92. The van der Waals surface area contributed by atoms with Gasteiger partial charge in [-0.05, 0) is 29.8 Å². The first kappa shape index (κ1) is 20.8. The zero-order valence-electron chi connectivity index (χ0n) is 13.1. The number of benzene rings is 2. The van der Waals surface area contributed by atoms with Gasteiger partial charge in [-0.1, -0.05) is 24.8 Å². The maximum atomic E-state index is 13.1. The first-order valence-corrected chi connectivity index (χ1v) is 8.33. The molecule has 11 heteroatoms. The molecule has 27 heavy (non-hydrogen) atoms. The maximum Gasteiger partial charge on any atom is 0.417 e. The molecule has 0 saturated carbocycles. The molecule has 0 bridgehead atoms. The maximum absolute atomic E-state index is 13.1. The molecule has 0 unspecified atom stereocenters. The van der Waals surface area contributed by atoms with Gasteiger partial charge in [0.15, 0.2) is 0 Å². The highest BCUT2D eigenvalue weighted by Gasteiger charge is 2.43. The molecule has 2 rings (SSSR count). The number of halogens is 6. The van der Waals surface area contributed by atoms with E-state index in [2.05, 4.69) is 6.58 Å². The van der Waals surface area contributed by atoms with Crippen LogP contribution in [0.5, 0.6) is 11.5 Å². The predicted octanol–water partition coefficient (Wildman–Crippen LogP) is 5.06. The molecule has 0 aromatic heterocycles. The summed E-state index contributed by atoms with van der Waals surface area (Å²) in [5.74, 6) is -1.05. The molecule has 0 saturated heterocycles. The quantitative estimate of drug-likeness (QED) is 0.521. The van der Waals surface area contributed by atoms with Gasteiger partial charge >= 0.3 is 12.4 Å². The molecule has 0 amide bonds. The lowest BCUT2D eigenvalue weighted by Crippen LogP contribution is -2.20. The minimum Gasteiger partial charge on any atom is -0.744 e. The van der Waals surface area contributed by atoms with Gasteiger partial charge in [0.1, 0.15) is 21.6 Å². The van der Waals surface area contributed by atoms with Crippen LogP contribution in [0.4, 0.5) is 26.3 Å². The van der Waals surface area contributed by atoms with Crippen molar-refractivity contribution in [3.05, 3.63) is 59.7 Å². The second-order valence-electron chi connectivity index (χ2n) is 5.17. The van der Waals surface area contributed by atoms with Crippen molar-refractivity contribution in [3.63, 3.8) is 0 Å². The van der Waals surface area contributed by atoms with Crippen LogP contribution in [0.15, 0.2) is 47.9 Å². The molecule has 0 N–H and O–H groups in total. The molecule has 0 aliphatic carbocycles. The molecular formula is C16H9F6O4S-. The molecule has 0 radical (unpaired) electrons. The number of hydrogen-bond donors (Lipinski definition) is 0. The summed E-state index contributed by atoms with van der Waals surface area (Å²) < 4.78 is 117. The minimum absolute atomic E-state index is 0.0292.